The standard InChI is InChI=1S/C19H32N2O4/c1-13(2)16(21-18(22)25-19(3,4)5)12-20-11-14-10-15(23-6)8-9-17(14)24-7/h8-10,13,16,20H,11-12H2,1-7H3,(H,21,22)/t16-/m1/s1. The van der Waals surface area contributed by atoms with E-state index in [1.165, 1.54) is 0 Å². The average Bonchev–Trinajstić information content (AvgIpc) is 2.51. The maximum absolute atomic E-state index is 12.0. The molecular weight excluding hydrogens is 320 g/mol. The number of hydrogen-bond donors (Lipinski definition) is 2. The lowest BCUT2D eigenvalue weighted by Gasteiger charge is -2.26. The van der Waals surface area contributed by atoms with Gasteiger partial charge in [-0.3, -0.25) is 0 Å². The van der Waals surface area contributed by atoms with E-state index in [1.54, 1.807) is 14.2 Å². The normalized spacial score (nSPS) is 12.6. The van der Waals surface area contributed by atoms with Crippen molar-refractivity contribution in [3.63, 3.8) is 0 Å². The van der Waals surface area contributed by atoms with E-state index in [0.717, 1.165) is 17.1 Å². The maximum atomic E-state index is 12.0. The van der Waals surface area contributed by atoms with Crippen LogP contribution < -0.4 is 20.1 Å². The van der Waals surface area contributed by atoms with Crippen LogP contribution in [0, 0.1) is 5.92 Å². The summed E-state index contributed by atoms with van der Waals surface area (Å²) >= 11 is 0. The SMILES string of the molecule is COc1ccc(OC)c(CNC[C@@H](NC(=O)OC(C)(C)C)C(C)C)c1. The van der Waals surface area contributed by atoms with Gasteiger partial charge in [-0.15, -0.1) is 0 Å². The number of amides is 1. The summed E-state index contributed by atoms with van der Waals surface area (Å²) < 4.78 is 16.0. The second kappa shape index (κ2) is 9.51. The van der Waals surface area contributed by atoms with Crippen molar-refractivity contribution in [1.82, 2.24) is 10.6 Å². The number of nitrogens with one attached hydrogen (secondary N) is 2. The van der Waals surface area contributed by atoms with Gasteiger partial charge in [-0.1, -0.05) is 13.8 Å². The smallest absolute Gasteiger partial charge is 0.407 e. The van der Waals surface area contributed by atoms with Gasteiger partial charge in [0.1, 0.15) is 17.1 Å². The van der Waals surface area contributed by atoms with Crippen LogP contribution in [0.5, 0.6) is 11.5 Å². The molecule has 0 aromatic heterocycles. The third kappa shape index (κ3) is 7.65. The molecule has 1 atom stereocenters. The van der Waals surface area contributed by atoms with Gasteiger partial charge in [0.25, 0.3) is 0 Å². The topological polar surface area (TPSA) is 68.8 Å². The molecule has 0 saturated carbocycles. The van der Waals surface area contributed by atoms with Crippen molar-refractivity contribution in [2.75, 3.05) is 20.8 Å². The Morgan fingerprint density at radius 2 is 1.84 bits per heavy atom. The lowest BCUT2D eigenvalue weighted by atomic mass is 10.0. The number of alkyl carbamates (subject to hydrolysis) is 1. The Kier molecular flexibility index (Phi) is 8.03. The van der Waals surface area contributed by atoms with Crippen molar-refractivity contribution in [1.29, 1.82) is 0 Å². The Labute approximate surface area is 151 Å². The minimum absolute atomic E-state index is 0.0357. The van der Waals surface area contributed by atoms with Gasteiger partial charge in [0.15, 0.2) is 0 Å². The predicted molar refractivity (Wildman–Crippen MR) is 99.2 cm³/mol. The number of carbonyl (C=O) groups excluding carboxylic acids is 1. The number of rotatable bonds is 8. The van der Waals surface area contributed by atoms with Crippen molar-refractivity contribution in [3.8, 4) is 11.5 Å². The van der Waals surface area contributed by atoms with Gasteiger partial charge in [0, 0.05) is 24.7 Å². The van der Waals surface area contributed by atoms with Crippen molar-refractivity contribution < 1.29 is 19.0 Å². The van der Waals surface area contributed by atoms with E-state index in [4.69, 9.17) is 14.2 Å². The van der Waals surface area contributed by atoms with Gasteiger partial charge in [-0.05, 0) is 44.9 Å². The number of benzene rings is 1. The van der Waals surface area contributed by atoms with Gasteiger partial charge in [-0.2, -0.15) is 0 Å². The van der Waals surface area contributed by atoms with E-state index in [-0.39, 0.29) is 12.0 Å². The first kappa shape index (κ1) is 21.1. The fourth-order valence-corrected chi connectivity index (χ4v) is 2.29. The van der Waals surface area contributed by atoms with Crippen LogP contribution in [0.3, 0.4) is 0 Å². The molecule has 2 N–H and O–H groups in total. The minimum atomic E-state index is -0.507. The van der Waals surface area contributed by atoms with E-state index in [1.807, 2.05) is 39.0 Å². The molecule has 0 unspecified atom stereocenters. The van der Waals surface area contributed by atoms with Crippen molar-refractivity contribution in [2.24, 2.45) is 5.92 Å². The average molecular weight is 352 g/mol. The Hall–Kier alpha value is -1.95. The van der Waals surface area contributed by atoms with Gasteiger partial charge < -0.3 is 24.8 Å². The lowest BCUT2D eigenvalue weighted by molar-refractivity contribution is 0.0490. The molecule has 0 heterocycles. The molecular formula is C19H32N2O4. The lowest BCUT2D eigenvalue weighted by Crippen LogP contribution is -2.46. The zero-order valence-electron chi connectivity index (χ0n) is 16.4. The quantitative estimate of drug-likeness (QED) is 0.751. The first-order valence-electron chi connectivity index (χ1n) is 8.57. The molecule has 142 valence electrons. The van der Waals surface area contributed by atoms with E-state index in [9.17, 15) is 4.79 Å². The first-order valence-corrected chi connectivity index (χ1v) is 8.57. The fourth-order valence-electron chi connectivity index (χ4n) is 2.29. The van der Waals surface area contributed by atoms with Gasteiger partial charge in [-0.25, -0.2) is 4.79 Å². The summed E-state index contributed by atoms with van der Waals surface area (Å²) in [6, 6.07) is 5.65. The van der Waals surface area contributed by atoms with Crippen LogP contribution in [0.25, 0.3) is 0 Å². The number of hydrogen-bond acceptors (Lipinski definition) is 5. The summed E-state index contributed by atoms with van der Waals surface area (Å²) in [6.07, 6.45) is -0.396. The van der Waals surface area contributed by atoms with Crippen molar-refractivity contribution >= 4 is 6.09 Å². The molecule has 0 bridgehead atoms. The molecule has 0 saturated heterocycles. The molecule has 0 radical (unpaired) electrons. The van der Waals surface area contributed by atoms with E-state index in [0.29, 0.717) is 13.1 Å². The van der Waals surface area contributed by atoms with Crippen molar-refractivity contribution in [3.05, 3.63) is 23.8 Å². The third-order valence-electron chi connectivity index (χ3n) is 3.67. The Balaban J connectivity index is 2.63. The zero-order chi connectivity index (χ0) is 19.0. The minimum Gasteiger partial charge on any atom is -0.497 e. The molecule has 0 aliphatic rings. The third-order valence-corrected chi connectivity index (χ3v) is 3.67. The summed E-state index contributed by atoms with van der Waals surface area (Å²) in [5, 5.41) is 6.30. The van der Waals surface area contributed by atoms with E-state index < -0.39 is 11.7 Å². The highest BCUT2D eigenvalue weighted by Gasteiger charge is 2.21. The Morgan fingerprint density at radius 3 is 2.36 bits per heavy atom. The van der Waals surface area contributed by atoms with Crippen LogP contribution in [0.1, 0.15) is 40.2 Å². The monoisotopic (exact) mass is 352 g/mol. The molecule has 1 amide bonds. The molecule has 0 spiro atoms. The molecule has 1 rings (SSSR count). The van der Waals surface area contributed by atoms with Crippen molar-refractivity contribution in [2.45, 2.75) is 52.8 Å². The summed E-state index contributed by atoms with van der Waals surface area (Å²) in [6.45, 7) is 10.9. The van der Waals surface area contributed by atoms with E-state index >= 15 is 0 Å². The summed E-state index contributed by atoms with van der Waals surface area (Å²) in [4.78, 5) is 12.0. The Morgan fingerprint density at radius 1 is 1.16 bits per heavy atom. The van der Waals surface area contributed by atoms with Crippen LogP contribution in [-0.4, -0.2) is 38.5 Å². The molecule has 25 heavy (non-hydrogen) atoms. The highest BCUT2D eigenvalue weighted by Crippen LogP contribution is 2.23. The van der Waals surface area contributed by atoms with Gasteiger partial charge in [0.2, 0.25) is 0 Å². The van der Waals surface area contributed by atoms with Crippen LogP contribution in [-0.2, 0) is 11.3 Å². The van der Waals surface area contributed by atoms with Crippen LogP contribution in [0.2, 0.25) is 0 Å². The van der Waals surface area contributed by atoms with Crippen LogP contribution in [0.15, 0.2) is 18.2 Å². The molecule has 0 fully saturated rings. The van der Waals surface area contributed by atoms with Gasteiger partial charge >= 0.3 is 6.09 Å². The second-order valence-electron chi connectivity index (χ2n) is 7.31. The second-order valence-corrected chi connectivity index (χ2v) is 7.31. The van der Waals surface area contributed by atoms with E-state index in [2.05, 4.69) is 24.5 Å². The molecule has 1 aromatic carbocycles. The summed E-state index contributed by atoms with van der Waals surface area (Å²) in [5.74, 6) is 1.85. The summed E-state index contributed by atoms with van der Waals surface area (Å²) in [5.41, 5.74) is 0.495. The number of ether oxygens (including phenoxy) is 3. The van der Waals surface area contributed by atoms with Crippen LogP contribution >= 0.6 is 0 Å². The van der Waals surface area contributed by atoms with Gasteiger partial charge in [0.05, 0.1) is 14.2 Å². The highest BCUT2D eigenvalue weighted by atomic mass is 16.6. The number of methoxy groups -OCH3 is 2. The largest absolute Gasteiger partial charge is 0.497 e. The van der Waals surface area contributed by atoms with Crippen LogP contribution in [0.4, 0.5) is 4.79 Å². The fraction of sp³-hybridized carbons (Fsp3) is 0.632. The maximum Gasteiger partial charge on any atom is 0.407 e. The zero-order valence-corrected chi connectivity index (χ0v) is 16.4. The molecule has 6 heteroatoms. The summed E-state index contributed by atoms with van der Waals surface area (Å²) in [7, 11) is 3.28. The predicted octanol–water partition coefficient (Wildman–Crippen LogP) is 3.34. The highest BCUT2D eigenvalue weighted by molar-refractivity contribution is 5.68. The molecule has 6 nitrogen and oxygen atoms in total. The first-order chi connectivity index (χ1) is 11.7. The Bertz CT molecular complexity index is 553. The molecule has 0 aliphatic carbocycles. The molecule has 0 aliphatic heterocycles. The number of carbonyl (C=O) groups is 1. The molecule has 1 aromatic rings.